The second kappa shape index (κ2) is 10.8. The van der Waals surface area contributed by atoms with Crippen LogP contribution in [0.1, 0.15) is 64.9 Å². The van der Waals surface area contributed by atoms with Gasteiger partial charge >= 0.3 is 0 Å². The molecular formula is C21H35NS. The Morgan fingerprint density at radius 1 is 1.00 bits per heavy atom. The van der Waals surface area contributed by atoms with Gasteiger partial charge in [-0.1, -0.05) is 64.3 Å². The Morgan fingerprint density at radius 3 is 2.26 bits per heavy atom. The predicted octanol–water partition coefficient (Wildman–Crippen LogP) is 6.58. The molecule has 23 heavy (non-hydrogen) atoms. The highest BCUT2D eigenvalue weighted by atomic mass is 32.2. The number of hydrogen-bond donors (Lipinski definition) is 1. The number of nitrogens with one attached hydrogen (secondary N) is 1. The Labute approximate surface area is 148 Å². The van der Waals surface area contributed by atoms with E-state index in [2.05, 4.69) is 63.9 Å². The summed E-state index contributed by atoms with van der Waals surface area (Å²) in [5.41, 5.74) is 2.86. The summed E-state index contributed by atoms with van der Waals surface area (Å²) < 4.78 is 0. The second-order valence-electron chi connectivity index (χ2n) is 7.70. The summed E-state index contributed by atoms with van der Waals surface area (Å²) in [6.07, 6.45) is 7.66. The van der Waals surface area contributed by atoms with E-state index in [1.165, 1.54) is 54.0 Å². The average Bonchev–Trinajstić information content (AvgIpc) is 2.45. The zero-order valence-electron chi connectivity index (χ0n) is 15.6. The van der Waals surface area contributed by atoms with Crippen LogP contribution < -0.4 is 5.32 Å². The minimum atomic E-state index is 0.333. The quantitative estimate of drug-likeness (QED) is 0.363. The van der Waals surface area contributed by atoms with Gasteiger partial charge in [-0.25, -0.2) is 0 Å². The topological polar surface area (TPSA) is 12.0 Å². The van der Waals surface area contributed by atoms with Gasteiger partial charge in [0.1, 0.15) is 0 Å². The van der Waals surface area contributed by atoms with E-state index < -0.39 is 0 Å². The van der Waals surface area contributed by atoms with Crippen LogP contribution in [-0.2, 0) is 0 Å². The van der Waals surface area contributed by atoms with Crippen molar-refractivity contribution in [1.29, 1.82) is 0 Å². The molecule has 1 rings (SSSR count). The first kappa shape index (κ1) is 20.2. The van der Waals surface area contributed by atoms with Crippen LogP contribution in [0.5, 0.6) is 0 Å². The Hall–Kier alpha value is -0.890. The predicted molar refractivity (Wildman–Crippen MR) is 106 cm³/mol. The Morgan fingerprint density at radius 2 is 1.61 bits per heavy atom. The van der Waals surface area contributed by atoms with Crippen molar-refractivity contribution in [2.24, 2.45) is 5.41 Å². The Balaban J connectivity index is 1.92. The van der Waals surface area contributed by atoms with Gasteiger partial charge in [-0.05, 0) is 49.5 Å². The van der Waals surface area contributed by atoms with Crippen molar-refractivity contribution in [3.8, 4) is 0 Å². The average molecular weight is 334 g/mol. The van der Waals surface area contributed by atoms with Gasteiger partial charge in [0, 0.05) is 17.1 Å². The minimum Gasteiger partial charge on any atom is -0.389 e. The molecule has 1 aromatic rings. The van der Waals surface area contributed by atoms with E-state index in [9.17, 15) is 0 Å². The van der Waals surface area contributed by atoms with Gasteiger partial charge < -0.3 is 5.32 Å². The lowest BCUT2D eigenvalue weighted by Gasteiger charge is -2.20. The molecule has 0 aromatic heterocycles. The van der Waals surface area contributed by atoms with Gasteiger partial charge in [-0.3, -0.25) is 0 Å². The summed E-state index contributed by atoms with van der Waals surface area (Å²) in [5, 5.41) is 3.47. The summed E-state index contributed by atoms with van der Waals surface area (Å²) in [6, 6.07) is 8.86. The van der Waals surface area contributed by atoms with E-state index in [0.29, 0.717) is 5.41 Å². The van der Waals surface area contributed by atoms with E-state index in [1.54, 1.807) is 0 Å². The summed E-state index contributed by atoms with van der Waals surface area (Å²) in [4.78, 5) is 1.40. The molecule has 0 fully saturated rings. The highest BCUT2D eigenvalue weighted by Gasteiger charge is 2.11. The monoisotopic (exact) mass is 333 g/mol. The van der Waals surface area contributed by atoms with Crippen LogP contribution in [0.3, 0.4) is 0 Å². The maximum atomic E-state index is 4.12. The van der Waals surface area contributed by atoms with Gasteiger partial charge in [0.2, 0.25) is 0 Å². The Bertz CT molecular complexity index is 442. The van der Waals surface area contributed by atoms with Crippen LogP contribution in [0.4, 0.5) is 0 Å². The van der Waals surface area contributed by atoms with Crippen LogP contribution in [-0.4, -0.2) is 12.3 Å². The van der Waals surface area contributed by atoms with Crippen molar-refractivity contribution in [1.82, 2.24) is 5.32 Å². The highest BCUT2D eigenvalue weighted by Crippen LogP contribution is 2.22. The van der Waals surface area contributed by atoms with Crippen LogP contribution in [0, 0.1) is 12.3 Å². The fourth-order valence-electron chi connectivity index (χ4n) is 2.55. The summed E-state index contributed by atoms with van der Waals surface area (Å²) in [6.45, 7) is 14.1. The molecule has 0 aliphatic carbocycles. The van der Waals surface area contributed by atoms with Crippen LogP contribution >= 0.6 is 11.8 Å². The Kier molecular flexibility index (Phi) is 9.47. The summed E-state index contributed by atoms with van der Waals surface area (Å²) in [7, 11) is 0. The SMILES string of the molecule is C=C(CC(C)(C)C)NCCCCCCCSc1ccc(C)cc1. The first-order valence-corrected chi connectivity index (χ1v) is 9.96. The minimum absolute atomic E-state index is 0.333. The smallest absolute Gasteiger partial charge is 0.0143 e. The third-order valence-corrected chi connectivity index (χ3v) is 4.83. The van der Waals surface area contributed by atoms with Crippen molar-refractivity contribution in [3.05, 3.63) is 42.1 Å². The first-order chi connectivity index (χ1) is 10.9. The third kappa shape index (κ3) is 11.3. The lowest BCUT2D eigenvalue weighted by atomic mass is 9.91. The standard InChI is InChI=1S/C21H35NS/c1-18-11-13-20(14-12-18)23-16-10-8-6-7-9-15-22-19(2)17-21(3,4)5/h11-14,22H,2,6-10,15-17H2,1,3-5H3. The summed E-state index contributed by atoms with van der Waals surface area (Å²) >= 11 is 1.98. The van der Waals surface area contributed by atoms with Crippen molar-refractivity contribution < 1.29 is 0 Å². The van der Waals surface area contributed by atoms with Crippen LogP contribution in [0.2, 0.25) is 0 Å². The molecule has 0 heterocycles. The third-order valence-electron chi connectivity index (χ3n) is 3.73. The molecule has 0 bridgehead atoms. The fourth-order valence-corrected chi connectivity index (χ4v) is 3.46. The van der Waals surface area contributed by atoms with Crippen LogP contribution in [0.25, 0.3) is 0 Å². The van der Waals surface area contributed by atoms with Crippen molar-refractivity contribution in [2.75, 3.05) is 12.3 Å². The lowest BCUT2D eigenvalue weighted by molar-refractivity contribution is 0.398. The summed E-state index contributed by atoms with van der Waals surface area (Å²) in [5.74, 6) is 1.24. The van der Waals surface area contributed by atoms with Crippen molar-refractivity contribution in [3.63, 3.8) is 0 Å². The van der Waals surface area contributed by atoms with Gasteiger partial charge in [-0.15, -0.1) is 11.8 Å². The van der Waals surface area contributed by atoms with Crippen molar-refractivity contribution >= 4 is 11.8 Å². The molecule has 0 amide bonds. The molecular weight excluding hydrogens is 298 g/mol. The van der Waals surface area contributed by atoms with E-state index in [0.717, 1.165) is 13.0 Å². The largest absolute Gasteiger partial charge is 0.389 e. The van der Waals surface area contributed by atoms with Crippen molar-refractivity contribution in [2.45, 2.75) is 71.1 Å². The number of thioether (sulfide) groups is 1. The van der Waals surface area contributed by atoms with E-state index in [-0.39, 0.29) is 0 Å². The first-order valence-electron chi connectivity index (χ1n) is 8.98. The number of benzene rings is 1. The molecule has 2 heteroatoms. The zero-order chi connectivity index (χ0) is 17.1. The molecule has 0 unspecified atom stereocenters. The van der Waals surface area contributed by atoms with E-state index >= 15 is 0 Å². The maximum absolute atomic E-state index is 4.12. The normalized spacial score (nSPS) is 11.5. The van der Waals surface area contributed by atoms with Gasteiger partial charge in [0.25, 0.3) is 0 Å². The van der Waals surface area contributed by atoms with Gasteiger partial charge in [0.05, 0.1) is 0 Å². The molecule has 1 nitrogen and oxygen atoms in total. The molecule has 1 aromatic carbocycles. The number of unbranched alkanes of at least 4 members (excludes halogenated alkanes) is 4. The number of allylic oxidation sites excluding steroid dienone is 1. The van der Waals surface area contributed by atoms with E-state index in [4.69, 9.17) is 0 Å². The molecule has 0 atom stereocenters. The fraction of sp³-hybridized carbons (Fsp3) is 0.619. The molecule has 0 saturated carbocycles. The lowest BCUT2D eigenvalue weighted by Crippen LogP contribution is -2.18. The molecule has 0 radical (unpaired) electrons. The zero-order valence-corrected chi connectivity index (χ0v) is 16.4. The molecule has 0 saturated heterocycles. The second-order valence-corrected chi connectivity index (χ2v) is 8.87. The molecule has 0 aliphatic heterocycles. The molecule has 1 N–H and O–H groups in total. The number of aryl methyl sites for hydroxylation is 1. The highest BCUT2D eigenvalue weighted by molar-refractivity contribution is 7.99. The molecule has 0 aliphatic rings. The van der Waals surface area contributed by atoms with Gasteiger partial charge in [0.15, 0.2) is 0 Å². The number of rotatable bonds is 11. The molecule has 0 spiro atoms. The number of hydrogen-bond acceptors (Lipinski definition) is 2. The van der Waals surface area contributed by atoms with Gasteiger partial charge in [-0.2, -0.15) is 0 Å². The van der Waals surface area contributed by atoms with Crippen LogP contribution in [0.15, 0.2) is 41.4 Å². The van der Waals surface area contributed by atoms with E-state index in [1.807, 2.05) is 11.8 Å². The molecule has 130 valence electrons. The maximum Gasteiger partial charge on any atom is 0.0143 e.